The first-order chi connectivity index (χ1) is 9.29. The monoisotopic (exact) mass is 308 g/mol. The zero-order valence-electron chi connectivity index (χ0n) is 11.2. The standard InChI is InChI=1S/C15H16N2OS.ClH/c1-19-14-4-2-12(3-5-14)6-11-17-15(18)13-7-9-16-10-8-13;/h2-5,7-10H,6,11H2,1H3,(H,17,18);1H. The third-order valence-corrected chi connectivity index (χ3v) is 3.54. The highest BCUT2D eigenvalue weighted by Gasteiger charge is 2.03. The van der Waals surface area contributed by atoms with Crippen LogP contribution in [0, 0.1) is 0 Å². The Balaban J connectivity index is 0.00000200. The molecule has 1 N–H and O–H groups in total. The van der Waals surface area contributed by atoms with Crippen molar-refractivity contribution in [2.75, 3.05) is 12.8 Å². The molecule has 1 aromatic carbocycles. The lowest BCUT2D eigenvalue weighted by Crippen LogP contribution is -2.25. The van der Waals surface area contributed by atoms with Gasteiger partial charge in [0.25, 0.3) is 5.91 Å². The van der Waals surface area contributed by atoms with Crippen LogP contribution < -0.4 is 5.32 Å². The summed E-state index contributed by atoms with van der Waals surface area (Å²) in [6, 6.07) is 11.8. The average Bonchev–Trinajstić information content (AvgIpc) is 2.49. The van der Waals surface area contributed by atoms with Crippen molar-refractivity contribution < 1.29 is 4.79 Å². The molecule has 1 heterocycles. The van der Waals surface area contributed by atoms with Gasteiger partial charge in [-0.1, -0.05) is 12.1 Å². The summed E-state index contributed by atoms with van der Waals surface area (Å²) in [6.45, 7) is 0.639. The van der Waals surface area contributed by atoms with Gasteiger partial charge in [-0.2, -0.15) is 0 Å². The van der Waals surface area contributed by atoms with E-state index in [1.165, 1.54) is 10.5 Å². The minimum atomic E-state index is -0.0527. The molecule has 5 heteroatoms. The summed E-state index contributed by atoms with van der Waals surface area (Å²) in [5.74, 6) is -0.0527. The summed E-state index contributed by atoms with van der Waals surface area (Å²) in [6.07, 6.45) is 6.14. The number of aromatic nitrogens is 1. The highest BCUT2D eigenvalue weighted by molar-refractivity contribution is 7.98. The van der Waals surface area contributed by atoms with Crippen molar-refractivity contribution in [1.29, 1.82) is 0 Å². The molecule has 1 aromatic heterocycles. The van der Waals surface area contributed by atoms with E-state index in [0.717, 1.165) is 6.42 Å². The summed E-state index contributed by atoms with van der Waals surface area (Å²) in [7, 11) is 0. The van der Waals surface area contributed by atoms with Crippen molar-refractivity contribution >= 4 is 30.1 Å². The van der Waals surface area contributed by atoms with Crippen LogP contribution in [0.25, 0.3) is 0 Å². The van der Waals surface area contributed by atoms with E-state index in [2.05, 4.69) is 40.8 Å². The topological polar surface area (TPSA) is 42.0 Å². The Labute approximate surface area is 129 Å². The first-order valence-corrected chi connectivity index (χ1v) is 7.33. The maximum Gasteiger partial charge on any atom is 0.251 e. The van der Waals surface area contributed by atoms with Crippen LogP contribution in [-0.4, -0.2) is 23.7 Å². The Kier molecular flexibility index (Phi) is 7.12. The molecule has 106 valence electrons. The van der Waals surface area contributed by atoms with Crippen molar-refractivity contribution in [3.63, 3.8) is 0 Å². The largest absolute Gasteiger partial charge is 0.352 e. The quantitative estimate of drug-likeness (QED) is 0.863. The second-order valence-electron chi connectivity index (χ2n) is 4.09. The molecule has 0 radical (unpaired) electrons. The highest BCUT2D eigenvalue weighted by Crippen LogP contribution is 2.14. The first-order valence-electron chi connectivity index (χ1n) is 6.11. The number of halogens is 1. The number of thioether (sulfide) groups is 1. The van der Waals surface area contributed by atoms with E-state index in [0.29, 0.717) is 12.1 Å². The molecule has 0 unspecified atom stereocenters. The molecule has 0 bridgehead atoms. The van der Waals surface area contributed by atoms with Crippen LogP contribution in [0.15, 0.2) is 53.7 Å². The summed E-state index contributed by atoms with van der Waals surface area (Å²) in [5, 5.41) is 2.90. The molecule has 3 nitrogen and oxygen atoms in total. The van der Waals surface area contributed by atoms with Gasteiger partial charge in [-0.15, -0.1) is 24.2 Å². The molecule has 0 aliphatic carbocycles. The molecular weight excluding hydrogens is 292 g/mol. The number of nitrogens with zero attached hydrogens (tertiary/aromatic N) is 1. The van der Waals surface area contributed by atoms with Gasteiger partial charge in [0.15, 0.2) is 0 Å². The van der Waals surface area contributed by atoms with Gasteiger partial charge in [0.2, 0.25) is 0 Å². The SMILES string of the molecule is CSc1ccc(CCNC(=O)c2ccncc2)cc1.Cl. The smallest absolute Gasteiger partial charge is 0.251 e. The molecule has 0 fully saturated rings. The Morgan fingerprint density at radius 2 is 1.80 bits per heavy atom. The molecule has 0 saturated carbocycles. The van der Waals surface area contributed by atoms with Crippen molar-refractivity contribution in [2.24, 2.45) is 0 Å². The van der Waals surface area contributed by atoms with Gasteiger partial charge in [0, 0.05) is 29.4 Å². The van der Waals surface area contributed by atoms with E-state index in [1.54, 1.807) is 36.3 Å². The van der Waals surface area contributed by atoms with Crippen LogP contribution in [-0.2, 0) is 6.42 Å². The molecule has 1 amide bonds. The molecule has 2 rings (SSSR count). The van der Waals surface area contributed by atoms with Crippen LogP contribution in [0.4, 0.5) is 0 Å². The van der Waals surface area contributed by atoms with Gasteiger partial charge in [-0.3, -0.25) is 9.78 Å². The Bertz CT molecular complexity index is 531. The number of benzene rings is 1. The lowest BCUT2D eigenvalue weighted by Gasteiger charge is -2.05. The minimum absolute atomic E-state index is 0. The van der Waals surface area contributed by atoms with Crippen LogP contribution in [0.5, 0.6) is 0 Å². The fourth-order valence-corrected chi connectivity index (χ4v) is 2.13. The number of nitrogens with one attached hydrogen (secondary N) is 1. The minimum Gasteiger partial charge on any atom is -0.352 e. The summed E-state index contributed by atoms with van der Waals surface area (Å²) in [4.78, 5) is 16.9. The molecular formula is C15H17ClN2OS. The summed E-state index contributed by atoms with van der Waals surface area (Å²) >= 11 is 1.73. The van der Waals surface area contributed by atoms with Crippen molar-refractivity contribution in [3.05, 3.63) is 59.9 Å². The van der Waals surface area contributed by atoms with Crippen LogP contribution in [0.3, 0.4) is 0 Å². The Morgan fingerprint density at radius 3 is 2.40 bits per heavy atom. The zero-order chi connectivity index (χ0) is 13.5. The second-order valence-corrected chi connectivity index (χ2v) is 4.97. The van der Waals surface area contributed by atoms with Crippen molar-refractivity contribution in [2.45, 2.75) is 11.3 Å². The van der Waals surface area contributed by atoms with E-state index in [-0.39, 0.29) is 18.3 Å². The maximum absolute atomic E-state index is 11.8. The molecule has 0 aliphatic heterocycles. The molecule has 0 atom stereocenters. The van der Waals surface area contributed by atoms with E-state index in [1.807, 2.05) is 0 Å². The highest BCUT2D eigenvalue weighted by atomic mass is 35.5. The predicted octanol–water partition coefficient (Wildman–Crippen LogP) is 3.20. The fourth-order valence-electron chi connectivity index (χ4n) is 1.72. The first kappa shape index (κ1) is 16.5. The van der Waals surface area contributed by atoms with Gasteiger partial charge < -0.3 is 5.32 Å². The summed E-state index contributed by atoms with van der Waals surface area (Å²) < 4.78 is 0. The van der Waals surface area contributed by atoms with E-state index in [9.17, 15) is 4.79 Å². The molecule has 2 aromatic rings. The maximum atomic E-state index is 11.8. The zero-order valence-corrected chi connectivity index (χ0v) is 12.8. The van der Waals surface area contributed by atoms with Gasteiger partial charge in [0.05, 0.1) is 0 Å². The molecule has 0 spiro atoms. The van der Waals surface area contributed by atoms with E-state index >= 15 is 0 Å². The average molecular weight is 309 g/mol. The number of rotatable bonds is 5. The van der Waals surface area contributed by atoms with Gasteiger partial charge in [-0.25, -0.2) is 0 Å². The van der Waals surface area contributed by atoms with Gasteiger partial charge in [0.1, 0.15) is 0 Å². The van der Waals surface area contributed by atoms with Crippen LogP contribution in [0.1, 0.15) is 15.9 Å². The second kappa shape index (κ2) is 8.61. The predicted molar refractivity (Wildman–Crippen MR) is 85.7 cm³/mol. The third kappa shape index (κ3) is 4.87. The summed E-state index contributed by atoms with van der Waals surface area (Å²) in [5.41, 5.74) is 1.88. The fraction of sp³-hybridized carbons (Fsp3) is 0.200. The van der Waals surface area contributed by atoms with Crippen molar-refractivity contribution in [3.8, 4) is 0 Å². The molecule has 0 aliphatic rings. The number of carbonyl (C=O) groups is 1. The number of pyridine rings is 1. The number of carbonyl (C=O) groups excluding carboxylic acids is 1. The Hall–Kier alpha value is -1.52. The lowest BCUT2D eigenvalue weighted by atomic mass is 10.1. The molecule has 0 saturated heterocycles. The van der Waals surface area contributed by atoms with Gasteiger partial charge >= 0.3 is 0 Å². The van der Waals surface area contributed by atoms with Gasteiger partial charge in [-0.05, 0) is 42.5 Å². The van der Waals surface area contributed by atoms with E-state index < -0.39 is 0 Å². The Morgan fingerprint density at radius 1 is 1.15 bits per heavy atom. The lowest BCUT2D eigenvalue weighted by molar-refractivity contribution is 0.0954. The van der Waals surface area contributed by atoms with Crippen LogP contribution in [0.2, 0.25) is 0 Å². The number of hydrogen-bond donors (Lipinski definition) is 1. The number of hydrogen-bond acceptors (Lipinski definition) is 3. The number of amides is 1. The third-order valence-electron chi connectivity index (χ3n) is 2.80. The molecule has 20 heavy (non-hydrogen) atoms. The van der Waals surface area contributed by atoms with Crippen LogP contribution >= 0.6 is 24.2 Å². The van der Waals surface area contributed by atoms with E-state index in [4.69, 9.17) is 0 Å². The van der Waals surface area contributed by atoms with Crippen molar-refractivity contribution in [1.82, 2.24) is 10.3 Å². The normalized spacial score (nSPS) is 9.65.